The Morgan fingerprint density at radius 2 is 1.50 bits per heavy atom. The Balaban J connectivity index is 1.28. The fourth-order valence-electron chi connectivity index (χ4n) is 6.36. The summed E-state index contributed by atoms with van der Waals surface area (Å²) in [5.41, 5.74) is 3.68. The van der Waals surface area contributed by atoms with E-state index in [9.17, 15) is 19.2 Å². The molecule has 0 bridgehead atoms. The fourth-order valence-corrected chi connectivity index (χ4v) is 6.48. The predicted molar refractivity (Wildman–Crippen MR) is 175 cm³/mol. The van der Waals surface area contributed by atoms with Crippen LogP contribution >= 0.6 is 11.6 Å². The second kappa shape index (κ2) is 12.4. The maximum absolute atomic E-state index is 14.4. The van der Waals surface area contributed by atoms with Gasteiger partial charge in [0.15, 0.2) is 0 Å². The summed E-state index contributed by atoms with van der Waals surface area (Å²) in [6.07, 6.45) is 4.20. The lowest BCUT2D eigenvalue weighted by Crippen LogP contribution is -2.41. The molecule has 8 nitrogen and oxygen atoms in total. The van der Waals surface area contributed by atoms with Crippen molar-refractivity contribution in [3.8, 4) is 0 Å². The third kappa shape index (κ3) is 5.61. The monoisotopic (exact) mass is 630 g/mol. The van der Waals surface area contributed by atoms with Gasteiger partial charge in [0.1, 0.15) is 5.65 Å². The van der Waals surface area contributed by atoms with Crippen LogP contribution in [0, 0.1) is 5.92 Å². The quantitative estimate of drug-likeness (QED) is 0.171. The maximum atomic E-state index is 14.4. The van der Waals surface area contributed by atoms with Crippen molar-refractivity contribution in [3.05, 3.63) is 152 Å². The summed E-state index contributed by atoms with van der Waals surface area (Å²) in [7, 11) is 0. The first kappa shape index (κ1) is 29.6. The minimum absolute atomic E-state index is 0.100. The number of carbonyl (C=O) groups is 3. The molecule has 0 spiro atoms. The van der Waals surface area contributed by atoms with Crippen LogP contribution in [0.1, 0.15) is 73.2 Å². The molecule has 0 saturated heterocycles. The van der Waals surface area contributed by atoms with Crippen molar-refractivity contribution < 1.29 is 14.4 Å². The Hall–Kier alpha value is -5.08. The molecule has 9 heteroatoms. The highest BCUT2D eigenvalue weighted by atomic mass is 35.5. The van der Waals surface area contributed by atoms with E-state index in [0.29, 0.717) is 51.5 Å². The molecule has 0 N–H and O–H groups in total. The first-order chi connectivity index (χ1) is 22.4. The highest BCUT2D eigenvalue weighted by Gasteiger charge is 2.42. The summed E-state index contributed by atoms with van der Waals surface area (Å²) in [6, 6.07) is 28.3. The molecule has 1 aliphatic carbocycles. The van der Waals surface area contributed by atoms with Crippen molar-refractivity contribution in [2.24, 2.45) is 5.92 Å². The first-order valence-electron chi connectivity index (χ1n) is 15.5. The minimum atomic E-state index is -0.484. The standard InChI is InChI=1S/C37H31ClN4O4/c38-27-18-16-26(17-19-27)34(43)41(21-8-22-42-35(44)28-11-4-5-12-29(28)36(42)45)33(25-14-15-25)32-30(23-24-9-2-1-3-10-24)37(46)40-20-7-6-13-31(40)39-32/h1-7,9-13,16-20,25,33H,8,14-15,21-23H2. The second-order valence-corrected chi connectivity index (χ2v) is 12.3. The van der Waals surface area contributed by atoms with Gasteiger partial charge in [0.05, 0.1) is 22.9 Å². The van der Waals surface area contributed by atoms with Crippen LogP contribution in [0.15, 0.2) is 108 Å². The molecule has 1 aliphatic heterocycles. The Morgan fingerprint density at radius 1 is 0.848 bits per heavy atom. The molecular weight excluding hydrogens is 600 g/mol. The third-order valence-corrected chi connectivity index (χ3v) is 9.03. The lowest BCUT2D eigenvalue weighted by atomic mass is 9.96. The minimum Gasteiger partial charge on any atom is -0.330 e. The van der Waals surface area contributed by atoms with Crippen molar-refractivity contribution in [2.45, 2.75) is 31.7 Å². The number of halogens is 1. The van der Waals surface area contributed by atoms with Gasteiger partial charge in [0.2, 0.25) is 0 Å². The zero-order chi connectivity index (χ0) is 31.8. The van der Waals surface area contributed by atoms with Crippen LogP contribution in [-0.2, 0) is 6.42 Å². The van der Waals surface area contributed by atoms with Crippen LogP contribution in [0.25, 0.3) is 5.65 Å². The smallest absolute Gasteiger partial charge is 0.261 e. The lowest BCUT2D eigenvalue weighted by molar-refractivity contribution is 0.0604. The van der Waals surface area contributed by atoms with E-state index in [1.165, 1.54) is 4.90 Å². The lowest BCUT2D eigenvalue weighted by Gasteiger charge is -2.33. The molecule has 1 unspecified atom stereocenters. The van der Waals surface area contributed by atoms with E-state index in [-0.39, 0.29) is 42.3 Å². The number of pyridine rings is 1. The van der Waals surface area contributed by atoms with Gasteiger partial charge in [-0.1, -0.05) is 60.1 Å². The molecule has 2 aromatic heterocycles. The molecule has 3 aromatic carbocycles. The number of imide groups is 1. The number of nitrogens with zero attached hydrogens (tertiary/aromatic N) is 4. The van der Waals surface area contributed by atoms with E-state index in [1.807, 2.05) is 36.4 Å². The van der Waals surface area contributed by atoms with E-state index in [0.717, 1.165) is 18.4 Å². The number of benzene rings is 3. The van der Waals surface area contributed by atoms with Crippen LogP contribution in [0.4, 0.5) is 0 Å². The van der Waals surface area contributed by atoms with Gasteiger partial charge in [-0.25, -0.2) is 4.98 Å². The van der Waals surface area contributed by atoms with Gasteiger partial charge in [0.25, 0.3) is 23.3 Å². The number of rotatable bonds is 10. The Labute approximate surface area is 270 Å². The number of hydrogen-bond donors (Lipinski definition) is 0. The molecule has 2 aliphatic rings. The largest absolute Gasteiger partial charge is 0.330 e. The summed E-state index contributed by atoms with van der Waals surface area (Å²) in [6.45, 7) is 0.398. The third-order valence-electron chi connectivity index (χ3n) is 8.78. The van der Waals surface area contributed by atoms with Gasteiger partial charge in [-0.15, -0.1) is 0 Å². The van der Waals surface area contributed by atoms with Gasteiger partial charge in [-0.3, -0.25) is 28.5 Å². The molecule has 46 heavy (non-hydrogen) atoms. The predicted octanol–water partition coefficient (Wildman–Crippen LogP) is 6.22. The number of fused-ring (bicyclic) bond motifs is 2. The molecule has 1 saturated carbocycles. The molecular formula is C37H31ClN4O4. The highest BCUT2D eigenvalue weighted by molar-refractivity contribution is 6.30. The van der Waals surface area contributed by atoms with Gasteiger partial charge < -0.3 is 4.90 Å². The van der Waals surface area contributed by atoms with Crippen LogP contribution in [0.2, 0.25) is 5.02 Å². The van der Waals surface area contributed by atoms with Crippen molar-refractivity contribution >= 4 is 35.0 Å². The zero-order valence-electron chi connectivity index (χ0n) is 25.0. The topological polar surface area (TPSA) is 92.1 Å². The van der Waals surface area contributed by atoms with E-state index in [2.05, 4.69) is 0 Å². The number of aromatic nitrogens is 2. The summed E-state index contributed by atoms with van der Waals surface area (Å²) in [5.74, 6) is -0.784. The maximum Gasteiger partial charge on any atom is 0.261 e. The molecule has 1 fully saturated rings. The summed E-state index contributed by atoms with van der Waals surface area (Å²) in [4.78, 5) is 62.8. The molecule has 0 radical (unpaired) electrons. The van der Waals surface area contributed by atoms with Crippen LogP contribution in [0.3, 0.4) is 0 Å². The number of carbonyl (C=O) groups excluding carboxylic acids is 3. The Morgan fingerprint density at radius 3 is 2.17 bits per heavy atom. The van der Waals surface area contributed by atoms with Gasteiger partial charge in [-0.05, 0) is 79.3 Å². The number of amides is 3. The Bertz CT molecular complexity index is 1990. The molecule has 3 amide bonds. The van der Waals surface area contributed by atoms with Crippen molar-refractivity contribution in [3.63, 3.8) is 0 Å². The van der Waals surface area contributed by atoms with Crippen LogP contribution in [-0.4, -0.2) is 50.0 Å². The van der Waals surface area contributed by atoms with Gasteiger partial charge in [0, 0.05) is 41.9 Å². The normalized spacial score (nSPS) is 14.8. The van der Waals surface area contributed by atoms with Gasteiger partial charge >= 0.3 is 0 Å². The van der Waals surface area contributed by atoms with Crippen molar-refractivity contribution in [2.75, 3.05) is 13.1 Å². The van der Waals surface area contributed by atoms with Crippen LogP contribution in [0.5, 0.6) is 0 Å². The summed E-state index contributed by atoms with van der Waals surface area (Å²) in [5, 5.41) is 0.516. The molecule has 5 aromatic rings. The summed E-state index contributed by atoms with van der Waals surface area (Å²) >= 11 is 6.17. The SMILES string of the molecule is O=C1c2ccccc2C(=O)N1CCCN(C(=O)c1ccc(Cl)cc1)C(c1nc2ccccn2c(=O)c1Cc1ccccc1)C1CC1. The van der Waals surface area contributed by atoms with Crippen molar-refractivity contribution in [1.29, 1.82) is 0 Å². The highest BCUT2D eigenvalue weighted by Crippen LogP contribution is 2.45. The average Bonchev–Trinajstić information content (AvgIpc) is 3.89. The molecule has 1 atom stereocenters. The average molecular weight is 631 g/mol. The Kier molecular flexibility index (Phi) is 7.96. The molecule has 7 rings (SSSR count). The second-order valence-electron chi connectivity index (χ2n) is 11.8. The molecule has 3 heterocycles. The van der Waals surface area contributed by atoms with Crippen LogP contribution < -0.4 is 5.56 Å². The van der Waals surface area contributed by atoms with Gasteiger partial charge in [-0.2, -0.15) is 0 Å². The number of hydrogen-bond acceptors (Lipinski definition) is 5. The van der Waals surface area contributed by atoms with E-state index in [1.54, 1.807) is 76.2 Å². The zero-order valence-corrected chi connectivity index (χ0v) is 25.8. The fraction of sp³-hybridized carbons (Fsp3) is 0.216. The first-order valence-corrected chi connectivity index (χ1v) is 15.8. The van der Waals surface area contributed by atoms with Crippen molar-refractivity contribution in [1.82, 2.24) is 19.2 Å². The molecule has 230 valence electrons. The van der Waals surface area contributed by atoms with E-state index in [4.69, 9.17) is 16.6 Å². The summed E-state index contributed by atoms with van der Waals surface area (Å²) < 4.78 is 1.55. The van der Waals surface area contributed by atoms with E-state index >= 15 is 0 Å². The van der Waals surface area contributed by atoms with E-state index < -0.39 is 6.04 Å².